The molecule has 0 aromatic heterocycles. The molecule has 0 atom stereocenters. The molecule has 5 heteroatoms. The Labute approximate surface area is 90.9 Å². The summed E-state index contributed by atoms with van der Waals surface area (Å²) in [6.45, 7) is 0.410. The van der Waals surface area contributed by atoms with Gasteiger partial charge in [0, 0.05) is 17.2 Å². The molecule has 0 spiro atoms. The summed E-state index contributed by atoms with van der Waals surface area (Å²) < 4.78 is 35.6. The van der Waals surface area contributed by atoms with Crippen LogP contribution in [0.25, 0.3) is 0 Å². The number of hydrogen-bond donors (Lipinski definition) is 1. The van der Waals surface area contributed by atoms with E-state index in [9.17, 15) is 13.2 Å². The minimum Gasteiger partial charge on any atom is -0.326 e. The zero-order valence-corrected chi connectivity index (χ0v) is 8.87. The minimum absolute atomic E-state index is 0.0531. The molecule has 0 radical (unpaired) electrons. The summed E-state index contributed by atoms with van der Waals surface area (Å²) in [6, 6.07) is 7.27. The summed E-state index contributed by atoms with van der Waals surface area (Å²) in [5, 5.41) is 0. The molecule has 0 unspecified atom stereocenters. The lowest BCUT2D eigenvalue weighted by molar-refractivity contribution is -0.129. The topological polar surface area (TPSA) is 26.0 Å². The van der Waals surface area contributed by atoms with Crippen molar-refractivity contribution >= 4 is 11.8 Å². The Bertz CT molecular complexity index is 312. The van der Waals surface area contributed by atoms with Gasteiger partial charge < -0.3 is 5.73 Å². The van der Waals surface area contributed by atoms with Gasteiger partial charge in [-0.1, -0.05) is 12.1 Å². The first-order chi connectivity index (χ1) is 7.01. The zero-order chi connectivity index (χ0) is 11.3. The van der Waals surface area contributed by atoms with Gasteiger partial charge in [0.25, 0.3) is 0 Å². The standard InChI is InChI=1S/C10H12F3NS/c11-10(12,13)4-5-15-9-3-1-2-8(6-9)7-14/h1-3,6H,4-5,7,14H2. The van der Waals surface area contributed by atoms with Crippen LogP contribution in [0.3, 0.4) is 0 Å². The first-order valence-corrected chi connectivity index (χ1v) is 5.48. The van der Waals surface area contributed by atoms with Crippen molar-refractivity contribution in [2.24, 2.45) is 5.73 Å². The van der Waals surface area contributed by atoms with Gasteiger partial charge in [-0.25, -0.2) is 0 Å². The van der Waals surface area contributed by atoms with Crippen LogP contribution in [0.4, 0.5) is 13.2 Å². The molecule has 15 heavy (non-hydrogen) atoms. The molecule has 1 aromatic carbocycles. The molecule has 0 aliphatic rings. The van der Waals surface area contributed by atoms with Crippen LogP contribution in [-0.2, 0) is 6.54 Å². The highest BCUT2D eigenvalue weighted by molar-refractivity contribution is 7.99. The van der Waals surface area contributed by atoms with Gasteiger partial charge in [0.2, 0.25) is 0 Å². The zero-order valence-electron chi connectivity index (χ0n) is 8.05. The van der Waals surface area contributed by atoms with Crippen molar-refractivity contribution in [1.29, 1.82) is 0 Å². The third kappa shape index (κ3) is 5.09. The minimum atomic E-state index is -4.07. The second-order valence-electron chi connectivity index (χ2n) is 3.07. The van der Waals surface area contributed by atoms with Crippen LogP contribution in [0.5, 0.6) is 0 Å². The fourth-order valence-corrected chi connectivity index (χ4v) is 2.03. The van der Waals surface area contributed by atoms with Gasteiger partial charge in [-0.3, -0.25) is 0 Å². The second kappa shape index (κ2) is 5.42. The number of rotatable bonds is 4. The Morgan fingerprint density at radius 2 is 2.00 bits per heavy atom. The van der Waals surface area contributed by atoms with Crippen LogP contribution < -0.4 is 5.73 Å². The third-order valence-electron chi connectivity index (χ3n) is 1.79. The van der Waals surface area contributed by atoms with Crippen LogP contribution in [0.15, 0.2) is 29.2 Å². The maximum absolute atomic E-state index is 11.9. The van der Waals surface area contributed by atoms with Gasteiger partial charge in [-0.15, -0.1) is 11.8 Å². The number of nitrogens with two attached hydrogens (primary N) is 1. The van der Waals surface area contributed by atoms with E-state index in [1.807, 2.05) is 12.1 Å². The van der Waals surface area contributed by atoms with E-state index in [0.29, 0.717) is 6.54 Å². The predicted octanol–water partition coefficient (Wildman–Crippen LogP) is 3.19. The molecule has 0 saturated heterocycles. The summed E-state index contributed by atoms with van der Waals surface area (Å²) in [5.74, 6) is 0.0531. The molecule has 1 rings (SSSR count). The normalized spacial score (nSPS) is 11.7. The quantitative estimate of drug-likeness (QED) is 0.811. The number of halogens is 3. The number of hydrogen-bond acceptors (Lipinski definition) is 2. The molecule has 1 nitrogen and oxygen atoms in total. The van der Waals surface area contributed by atoms with Crippen LogP contribution in [0, 0.1) is 0 Å². The van der Waals surface area contributed by atoms with Crippen molar-refractivity contribution in [3.63, 3.8) is 0 Å². The van der Waals surface area contributed by atoms with Crippen molar-refractivity contribution in [2.75, 3.05) is 5.75 Å². The molecule has 0 saturated carbocycles. The third-order valence-corrected chi connectivity index (χ3v) is 2.78. The lowest BCUT2D eigenvalue weighted by atomic mass is 10.2. The number of alkyl halides is 3. The van der Waals surface area contributed by atoms with E-state index < -0.39 is 12.6 Å². The molecule has 0 aliphatic heterocycles. The van der Waals surface area contributed by atoms with Gasteiger partial charge in [0.15, 0.2) is 0 Å². The van der Waals surface area contributed by atoms with Crippen LogP contribution >= 0.6 is 11.8 Å². The van der Waals surface area contributed by atoms with Crippen molar-refractivity contribution in [3.8, 4) is 0 Å². The van der Waals surface area contributed by atoms with Crippen molar-refractivity contribution in [2.45, 2.75) is 24.0 Å². The summed E-state index contributed by atoms with van der Waals surface area (Å²) in [6.07, 6.45) is -4.83. The first kappa shape index (κ1) is 12.4. The fourth-order valence-electron chi connectivity index (χ4n) is 1.05. The highest BCUT2D eigenvalue weighted by Crippen LogP contribution is 2.26. The SMILES string of the molecule is NCc1cccc(SCCC(F)(F)F)c1. The van der Waals surface area contributed by atoms with Crippen LogP contribution in [-0.4, -0.2) is 11.9 Å². The molecule has 0 amide bonds. The van der Waals surface area contributed by atoms with E-state index in [1.54, 1.807) is 12.1 Å². The average Bonchev–Trinajstić information content (AvgIpc) is 2.16. The van der Waals surface area contributed by atoms with Gasteiger partial charge in [0.05, 0.1) is 6.42 Å². The van der Waals surface area contributed by atoms with Crippen molar-refractivity contribution < 1.29 is 13.2 Å². The van der Waals surface area contributed by atoms with E-state index >= 15 is 0 Å². The fraction of sp³-hybridized carbons (Fsp3) is 0.400. The van der Waals surface area contributed by atoms with Crippen LogP contribution in [0.1, 0.15) is 12.0 Å². The van der Waals surface area contributed by atoms with Gasteiger partial charge in [-0.05, 0) is 17.7 Å². The first-order valence-electron chi connectivity index (χ1n) is 4.50. The second-order valence-corrected chi connectivity index (χ2v) is 4.23. The molecule has 0 heterocycles. The summed E-state index contributed by atoms with van der Waals surface area (Å²) >= 11 is 1.20. The van der Waals surface area contributed by atoms with Gasteiger partial charge in [-0.2, -0.15) is 13.2 Å². The molecule has 0 bridgehead atoms. The molecular formula is C10H12F3NS. The highest BCUT2D eigenvalue weighted by atomic mass is 32.2. The monoisotopic (exact) mass is 235 g/mol. The Kier molecular flexibility index (Phi) is 4.47. The lowest BCUT2D eigenvalue weighted by Gasteiger charge is -2.06. The van der Waals surface area contributed by atoms with E-state index in [-0.39, 0.29) is 5.75 Å². The maximum atomic E-state index is 11.9. The van der Waals surface area contributed by atoms with Crippen molar-refractivity contribution in [1.82, 2.24) is 0 Å². The van der Waals surface area contributed by atoms with E-state index in [4.69, 9.17) is 5.73 Å². The molecule has 0 aliphatic carbocycles. The average molecular weight is 235 g/mol. The highest BCUT2D eigenvalue weighted by Gasteiger charge is 2.26. The maximum Gasteiger partial charge on any atom is 0.389 e. The predicted molar refractivity (Wildman–Crippen MR) is 55.7 cm³/mol. The number of benzene rings is 1. The van der Waals surface area contributed by atoms with E-state index in [0.717, 1.165) is 10.5 Å². The number of thioether (sulfide) groups is 1. The summed E-state index contributed by atoms with van der Waals surface area (Å²) in [5.41, 5.74) is 6.36. The molecular weight excluding hydrogens is 223 g/mol. The van der Waals surface area contributed by atoms with E-state index in [1.165, 1.54) is 11.8 Å². The molecule has 84 valence electrons. The van der Waals surface area contributed by atoms with Gasteiger partial charge >= 0.3 is 6.18 Å². The Balaban J connectivity index is 2.44. The largest absolute Gasteiger partial charge is 0.389 e. The lowest BCUT2D eigenvalue weighted by Crippen LogP contribution is -2.07. The van der Waals surface area contributed by atoms with Crippen molar-refractivity contribution in [3.05, 3.63) is 29.8 Å². The summed E-state index contributed by atoms with van der Waals surface area (Å²) in [7, 11) is 0. The van der Waals surface area contributed by atoms with Crippen LogP contribution in [0.2, 0.25) is 0 Å². The Morgan fingerprint density at radius 1 is 1.27 bits per heavy atom. The summed E-state index contributed by atoms with van der Waals surface area (Å²) in [4.78, 5) is 0.835. The smallest absolute Gasteiger partial charge is 0.326 e. The Morgan fingerprint density at radius 3 is 2.60 bits per heavy atom. The molecule has 1 aromatic rings. The molecule has 2 N–H and O–H groups in total. The molecule has 0 fully saturated rings. The van der Waals surface area contributed by atoms with E-state index in [2.05, 4.69) is 0 Å². The Hall–Kier alpha value is -0.680. The van der Waals surface area contributed by atoms with Gasteiger partial charge in [0.1, 0.15) is 0 Å².